The zero-order valence-electron chi connectivity index (χ0n) is 38.2. The zero-order valence-corrected chi connectivity index (χ0v) is 39.7. The van der Waals surface area contributed by atoms with Crippen LogP contribution in [0.2, 0.25) is 10.0 Å². The number of nitrogens with one attached hydrogen (secondary N) is 6. The first-order valence-corrected chi connectivity index (χ1v) is 23.5. The lowest BCUT2D eigenvalue weighted by atomic mass is 9.98. The van der Waals surface area contributed by atoms with Crippen molar-refractivity contribution in [3.8, 4) is 28.5 Å². The summed E-state index contributed by atoms with van der Waals surface area (Å²) in [7, 11) is 1.58. The van der Waals surface area contributed by atoms with Gasteiger partial charge in [0.2, 0.25) is 0 Å². The highest BCUT2D eigenvalue weighted by Crippen LogP contribution is 2.31. The van der Waals surface area contributed by atoms with Gasteiger partial charge in [-0.3, -0.25) is 0 Å². The van der Waals surface area contributed by atoms with E-state index < -0.39 is 17.5 Å². The first-order chi connectivity index (χ1) is 34.5. The average Bonchev–Trinajstić information content (AvgIpc) is 4.00. The molecule has 0 radical (unpaired) electrons. The number of hydrogen-bond donors (Lipinski definition) is 6. The molecule has 71 heavy (non-hydrogen) atoms. The quantitative estimate of drug-likeness (QED) is 0.0719. The standard InChI is InChI=1S/C25H25ClFN7O2.C24H22ClF2N7O/c1-36-18-6-2-5-17(9-18)32-25(35)34-7-3-4-15(14-34)10-28-24-21(27)13-31-23(33-24)20-12-30-22-19(20)8-16(26)11-29-22;25-15-7-18-19(11-30-21(18)29-10-15)22-31-12-20(27)23(33-22)28-9-14-3-2-6-34(13-14)24(35)32-17-5-1-4-16(26)8-17/h2,5-6,8-9,11-13,15H,3-4,7,10,14H2,1H3,(H,29,30)(H,32,35)(H,28,31,33);1,4-5,7-8,10-12,14H,2-3,6,9,13H2,(H,29,30)(H,32,35)(H,28,31,33). The van der Waals surface area contributed by atoms with Crippen LogP contribution in [0.5, 0.6) is 5.75 Å². The van der Waals surface area contributed by atoms with Crippen molar-refractivity contribution in [2.24, 2.45) is 11.8 Å². The van der Waals surface area contributed by atoms with Crippen molar-refractivity contribution in [3.63, 3.8) is 0 Å². The van der Waals surface area contributed by atoms with Crippen LogP contribution in [0.3, 0.4) is 0 Å². The number of anilines is 4. The molecule has 0 spiro atoms. The molecule has 6 aromatic heterocycles. The van der Waals surface area contributed by atoms with Crippen molar-refractivity contribution in [1.29, 1.82) is 0 Å². The number of amides is 4. The van der Waals surface area contributed by atoms with E-state index in [0.29, 0.717) is 101 Å². The highest BCUT2D eigenvalue weighted by molar-refractivity contribution is 6.31. The van der Waals surface area contributed by atoms with Crippen LogP contribution in [0.15, 0.2) is 97.8 Å². The molecule has 0 bridgehead atoms. The summed E-state index contributed by atoms with van der Waals surface area (Å²) >= 11 is 12.2. The predicted molar refractivity (Wildman–Crippen MR) is 267 cm³/mol. The summed E-state index contributed by atoms with van der Waals surface area (Å²) in [4.78, 5) is 60.6. The zero-order chi connectivity index (χ0) is 49.4. The predicted octanol–water partition coefficient (Wildman–Crippen LogP) is 10.5. The number of fused-ring (bicyclic) bond motifs is 2. The Morgan fingerprint density at radius 1 is 0.676 bits per heavy atom. The number of aromatic nitrogens is 8. The Bertz CT molecular complexity index is 3200. The van der Waals surface area contributed by atoms with E-state index in [1.54, 1.807) is 65.8 Å². The molecule has 22 heteroatoms. The molecule has 366 valence electrons. The van der Waals surface area contributed by atoms with Crippen molar-refractivity contribution >= 4 is 80.3 Å². The van der Waals surface area contributed by atoms with Crippen LogP contribution < -0.4 is 26.0 Å². The Kier molecular flexibility index (Phi) is 14.9. The Balaban J connectivity index is 0.000000176. The van der Waals surface area contributed by atoms with Crippen LogP contribution in [-0.2, 0) is 0 Å². The Morgan fingerprint density at radius 3 is 1.66 bits per heavy atom. The third-order valence-corrected chi connectivity index (χ3v) is 12.5. The van der Waals surface area contributed by atoms with Gasteiger partial charge >= 0.3 is 12.1 Å². The summed E-state index contributed by atoms with van der Waals surface area (Å²) in [6, 6.07) is 16.1. The minimum absolute atomic E-state index is 0.0840. The number of carbonyl (C=O) groups excluding carboxylic acids is 2. The maximum absolute atomic E-state index is 14.5. The fourth-order valence-corrected chi connectivity index (χ4v) is 8.87. The summed E-state index contributed by atoms with van der Waals surface area (Å²) in [6.45, 7) is 3.20. The molecular formula is C49H47Cl2F3N14O3. The molecule has 0 aliphatic carbocycles. The van der Waals surface area contributed by atoms with Crippen molar-refractivity contribution in [1.82, 2.24) is 49.7 Å². The van der Waals surface area contributed by atoms with Crippen molar-refractivity contribution in [3.05, 3.63) is 125 Å². The monoisotopic (exact) mass is 1010 g/mol. The second-order valence-electron chi connectivity index (χ2n) is 17.1. The Labute approximate surface area is 415 Å². The number of H-pyrrole nitrogens is 2. The van der Waals surface area contributed by atoms with E-state index in [9.17, 15) is 22.8 Å². The minimum atomic E-state index is -0.568. The molecule has 17 nitrogen and oxygen atoms in total. The molecule has 10 rings (SSSR count). The second-order valence-corrected chi connectivity index (χ2v) is 17.9. The van der Waals surface area contributed by atoms with E-state index in [2.05, 4.69) is 61.1 Å². The third kappa shape index (κ3) is 11.8. The van der Waals surface area contributed by atoms with Crippen LogP contribution in [0.1, 0.15) is 25.7 Å². The fourth-order valence-electron chi connectivity index (χ4n) is 8.55. The van der Waals surface area contributed by atoms with Gasteiger partial charge in [0.25, 0.3) is 0 Å². The number of urea groups is 2. The summed E-state index contributed by atoms with van der Waals surface area (Å²) in [6.07, 6.45) is 12.3. The van der Waals surface area contributed by atoms with Gasteiger partial charge in [0.1, 0.15) is 22.9 Å². The smallest absolute Gasteiger partial charge is 0.321 e. The number of ether oxygens (including phenoxy) is 1. The molecule has 0 saturated carbocycles. The van der Waals surface area contributed by atoms with Crippen LogP contribution in [0.25, 0.3) is 44.8 Å². The number of aromatic amines is 2. The molecular weight excluding hydrogens is 961 g/mol. The lowest BCUT2D eigenvalue weighted by Gasteiger charge is -2.33. The number of halogens is 5. The van der Waals surface area contributed by atoms with Gasteiger partial charge in [-0.2, -0.15) is 0 Å². The lowest BCUT2D eigenvalue weighted by Crippen LogP contribution is -2.44. The van der Waals surface area contributed by atoms with Crippen molar-refractivity contribution in [2.75, 3.05) is 67.6 Å². The molecule has 8 heterocycles. The maximum atomic E-state index is 14.5. The van der Waals surface area contributed by atoms with E-state index in [4.69, 9.17) is 27.9 Å². The largest absolute Gasteiger partial charge is 0.497 e. The number of rotatable bonds is 11. The number of hydrogen-bond acceptors (Lipinski definition) is 11. The average molecular weight is 1010 g/mol. The maximum Gasteiger partial charge on any atom is 0.321 e. The number of benzene rings is 2. The summed E-state index contributed by atoms with van der Waals surface area (Å²) in [5.74, 6) is 0.275. The van der Waals surface area contributed by atoms with Gasteiger partial charge in [-0.05, 0) is 80.0 Å². The van der Waals surface area contributed by atoms with E-state index >= 15 is 0 Å². The first kappa shape index (κ1) is 48.3. The van der Waals surface area contributed by atoms with E-state index in [1.807, 2.05) is 18.2 Å². The summed E-state index contributed by atoms with van der Waals surface area (Å²) < 4.78 is 47.6. The normalized spacial score (nSPS) is 15.7. The van der Waals surface area contributed by atoms with Gasteiger partial charge < -0.3 is 45.8 Å². The molecule has 4 amide bonds. The SMILES string of the molecule is COc1cccc(NC(=O)N2CCCC(CNc3nc(-c4c[nH]c5ncc(Cl)cc45)ncc3F)C2)c1.O=C(Nc1cccc(F)c1)N1CCCC(CNc2nc(-c3c[nH]c4ncc(Cl)cc34)ncc2F)C1. The molecule has 6 N–H and O–H groups in total. The van der Waals surface area contributed by atoms with E-state index in [-0.39, 0.29) is 35.5 Å². The van der Waals surface area contributed by atoms with Crippen LogP contribution in [0.4, 0.5) is 45.8 Å². The Morgan fingerprint density at radius 2 is 1.17 bits per heavy atom. The van der Waals surface area contributed by atoms with Gasteiger partial charge in [0.15, 0.2) is 34.9 Å². The van der Waals surface area contributed by atoms with Gasteiger partial charge in [-0.15, -0.1) is 0 Å². The first-order valence-electron chi connectivity index (χ1n) is 22.8. The minimum Gasteiger partial charge on any atom is -0.497 e. The number of methoxy groups -OCH3 is 1. The third-order valence-electron chi connectivity index (χ3n) is 12.1. The van der Waals surface area contributed by atoms with Crippen LogP contribution in [0, 0.1) is 29.3 Å². The van der Waals surface area contributed by atoms with Gasteiger partial charge in [-0.1, -0.05) is 35.3 Å². The number of nitrogens with zero attached hydrogens (tertiary/aromatic N) is 8. The van der Waals surface area contributed by atoms with Crippen molar-refractivity contribution in [2.45, 2.75) is 25.7 Å². The molecule has 2 saturated heterocycles. The Hall–Kier alpha value is -7.71. The number of pyridine rings is 2. The number of likely N-dealkylation sites (tertiary alicyclic amines) is 2. The molecule has 2 aromatic carbocycles. The van der Waals surface area contributed by atoms with Crippen molar-refractivity contribution < 1.29 is 27.5 Å². The van der Waals surface area contributed by atoms with Crippen LogP contribution >= 0.6 is 23.2 Å². The molecule has 2 unspecified atom stereocenters. The second kappa shape index (κ2) is 21.9. The molecule has 2 atom stereocenters. The van der Waals surface area contributed by atoms with Gasteiger partial charge in [-0.25, -0.2) is 52.7 Å². The summed E-state index contributed by atoms with van der Waals surface area (Å²) in [5.41, 5.74) is 3.69. The topological polar surface area (TPSA) is 207 Å². The number of piperidine rings is 2. The molecule has 2 aliphatic heterocycles. The highest BCUT2D eigenvalue weighted by atomic mass is 35.5. The highest BCUT2D eigenvalue weighted by Gasteiger charge is 2.26. The van der Waals surface area contributed by atoms with E-state index in [0.717, 1.165) is 48.8 Å². The van der Waals surface area contributed by atoms with Gasteiger partial charge in [0, 0.05) is 103 Å². The fraction of sp³-hybridized carbons (Fsp3) is 0.265. The van der Waals surface area contributed by atoms with E-state index in [1.165, 1.54) is 18.3 Å². The lowest BCUT2D eigenvalue weighted by molar-refractivity contribution is 0.180. The van der Waals surface area contributed by atoms with Crippen LogP contribution in [-0.4, -0.2) is 108 Å². The molecule has 2 aliphatic rings. The molecule has 2 fully saturated rings. The number of carbonyl (C=O) groups is 2. The molecule has 8 aromatic rings. The summed E-state index contributed by atoms with van der Waals surface area (Å²) in [5, 5.41) is 14.3. The van der Waals surface area contributed by atoms with Gasteiger partial charge in [0.05, 0.1) is 29.5 Å².